The van der Waals surface area contributed by atoms with Crippen LogP contribution in [-0.2, 0) is 17.6 Å². The van der Waals surface area contributed by atoms with Crippen LogP contribution in [0.3, 0.4) is 0 Å². The quantitative estimate of drug-likeness (QED) is 0.832. The molecule has 1 aromatic heterocycles. The van der Waals surface area contributed by atoms with Crippen LogP contribution in [0.5, 0.6) is 5.75 Å². The Bertz CT molecular complexity index is 847. The van der Waals surface area contributed by atoms with Gasteiger partial charge in [0.15, 0.2) is 6.10 Å². The number of nitrogens with one attached hydrogen (secondary N) is 1. The third-order valence-electron chi connectivity index (χ3n) is 4.22. The Morgan fingerprint density at radius 1 is 1.36 bits per heavy atom. The van der Waals surface area contributed by atoms with Crippen molar-refractivity contribution in [2.24, 2.45) is 5.73 Å². The van der Waals surface area contributed by atoms with Crippen LogP contribution < -0.4 is 15.8 Å². The molecule has 0 unspecified atom stereocenters. The molecule has 0 aliphatic heterocycles. The van der Waals surface area contributed by atoms with Crippen molar-refractivity contribution in [2.75, 3.05) is 5.32 Å². The SMILES string of the molecule is Cc1cc(O[C@@H](C)C(=O)Nc2sc3c(c2C(N)=O)CCC3)ccc1Cl. The van der Waals surface area contributed by atoms with Crippen molar-refractivity contribution in [3.05, 3.63) is 44.8 Å². The number of anilines is 1. The maximum absolute atomic E-state index is 12.5. The van der Waals surface area contributed by atoms with E-state index < -0.39 is 12.0 Å². The normalized spacial score (nSPS) is 14.0. The van der Waals surface area contributed by atoms with Gasteiger partial charge in [-0.05, 0) is 62.4 Å². The monoisotopic (exact) mass is 378 g/mol. The second-order valence-electron chi connectivity index (χ2n) is 6.09. The number of halogens is 1. The van der Waals surface area contributed by atoms with Crippen LogP contribution in [0.4, 0.5) is 5.00 Å². The fraction of sp³-hybridized carbons (Fsp3) is 0.333. The number of amides is 2. The second-order valence-corrected chi connectivity index (χ2v) is 7.60. The number of hydrogen-bond donors (Lipinski definition) is 2. The molecule has 2 amide bonds. The summed E-state index contributed by atoms with van der Waals surface area (Å²) in [5.74, 6) is -0.264. The van der Waals surface area contributed by atoms with Gasteiger partial charge in [0.05, 0.1) is 5.56 Å². The number of carbonyl (C=O) groups is 2. The third kappa shape index (κ3) is 3.65. The number of rotatable bonds is 5. The van der Waals surface area contributed by atoms with Gasteiger partial charge in [0.25, 0.3) is 11.8 Å². The fourth-order valence-corrected chi connectivity index (χ4v) is 4.33. The molecule has 1 atom stereocenters. The minimum absolute atomic E-state index is 0.324. The molecule has 3 rings (SSSR count). The summed E-state index contributed by atoms with van der Waals surface area (Å²) >= 11 is 7.42. The van der Waals surface area contributed by atoms with Gasteiger partial charge in [-0.25, -0.2) is 0 Å². The Balaban J connectivity index is 1.74. The number of thiophene rings is 1. The lowest BCUT2D eigenvalue weighted by atomic mass is 10.1. The number of ether oxygens (including phenoxy) is 1. The number of hydrogen-bond acceptors (Lipinski definition) is 4. The molecular weight excluding hydrogens is 360 g/mol. The van der Waals surface area contributed by atoms with E-state index in [9.17, 15) is 9.59 Å². The number of nitrogens with two attached hydrogens (primary N) is 1. The highest BCUT2D eigenvalue weighted by Gasteiger charge is 2.27. The zero-order chi connectivity index (χ0) is 18.1. The molecule has 0 radical (unpaired) electrons. The van der Waals surface area contributed by atoms with Gasteiger partial charge < -0.3 is 15.8 Å². The maximum atomic E-state index is 12.5. The van der Waals surface area contributed by atoms with E-state index in [0.29, 0.717) is 21.3 Å². The first-order chi connectivity index (χ1) is 11.9. The van der Waals surface area contributed by atoms with E-state index in [-0.39, 0.29) is 5.91 Å². The smallest absolute Gasteiger partial charge is 0.265 e. The van der Waals surface area contributed by atoms with Gasteiger partial charge in [-0.15, -0.1) is 11.3 Å². The second kappa shape index (κ2) is 7.06. The molecule has 3 N–H and O–H groups in total. The number of carbonyl (C=O) groups excluding carboxylic acids is 2. The summed E-state index contributed by atoms with van der Waals surface area (Å²) in [6.45, 7) is 3.52. The summed E-state index contributed by atoms with van der Waals surface area (Å²) in [6.07, 6.45) is 2.05. The molecular formula is C18H19ClN2O3S. The first kappa shape index (κ1) is 17.8. The van der Waals surface area contributed by atoms with Crippen LogP contribution >= 0.6 is 22.9 Å². The summed E-state index contributed by atoms with van der Waals surface area (Å²) in [5.41, 5.74) is 7.81. The molecule has 0 spiro atoms. The van der Waals surface area contributed by atoms with Gasteiger partial charge in [0, 0.05) is 9.90 Å². The molecule has 1 heterocycles. The Kier molecular flexibility index (Phi) is 5.01. The van der Waals surface area contributed by atoms with Gasteiger partial charge in [-0.2, -0.15) is 0 Å². The van der Waals surface area contributed by atoms with Crippen molar-refractivity contribution in [1.82, 2.24) is 0 Å². The van der Waals surface area contributed by atoms with Gasteiger partial charge in [-0.3, -0.25) is 9.59 Å². The number of primary amides is 1. The van der Waals surface area contributed by atoms with Gasteiger partial charge in [-0.1, -0.05) is 11.6 Å². The van der Waals surface area contributed by atoms with Gasteiger partial charge in [0.1, 0.15) is 10.8 Å². The molecule has 0 saturated carbocycles. The Hall–Kier alpha value is -2.05. The maximum Gasteiger partial charge on any atom is 0.265 e. The molecule has 5 nitrogen and oxygen atoms in total. The van der Waals surface area contributed by atoms with Crippen LogP contribution in [0.15, 0.2) is 18.2 Å². The zero-order valence-corrected chi connectivity index (χ0v) is 15.6. The Morgan fingerprint density at radius 3 is 2.80 bits per heavy atom. The molecule has 1 aliphatic carbocycles. The molecule has 25 heavy (non-hydrogen) atoms. The van der Waals surface area contributed by atoms with Crippen molar-refractivity contribution in [3.63, 3.8) is 0 Å². The summed E-state index contributed by atoms with van der Waals surface area (Å²) in [6, 6.07) is 5.22. The molecule has 7 heteroatoms. The number of benzene rings is 1. The molecule has 0 saturated heterocycles. The van der Waals surface area contributed by atoms with Crippen molar-refractivity contribution in [3.8, 4) is 5.75 Å². The van der Waals surface area contributed by atoms with Crippen LogP contribution in [-0.4, -0.2) is 17.9 Å². The first-order valence-electron chi connectivity index (χ1n) is 8.05. The predicted octanol–water partition coefficient (Wildman–Crippen LogP) is 3.70. The topological polar surface area (TPSA) is 81.4 Å². The lowest BCUT2D eigenvalue weighted by Crippen LogP contribution is -2.30. The van der Waals surface area contributed by atoms with Crippen LogP contribution in [0.2, 0.25) is 5.02 Å². The summed E-state index contributed by atoms with van der Waals surface area (Å²) in [7, 11) is 0. The zero-order valence-electron chi connectivity index (χ0n) is 14.0. The standard InChI is InChI=1S/C18H19ClN2O3S/c1-9-8-11(6-7-13(9)19)24-10(2)17(23)21-18-15(16(20)22)12-4-3-5-14(12)25-18/h6-8,10H,3-5H2,1-2H3,(H2,20,22)(H,21,23)/t10-/m0/s1. The lowest BCUT2D eigenvalue weighted by Gasteiger charge is -2.15. The molecule has 2 aromatic rings. The van der Waals surface area contributed by atoms with E-state index in [1.54, 1.807) is 25.1 Å². The van der Waals surface area contributed by atoms with Crippen molar-refractivity contribution < 1.29 is 14.3 Å². The van der Waals surface area contributed by atoms with E-state index in [0.717, 1.165) is 35.3 Å². The van der Waals surface area contributed by atoms with E-state index in [1.807, 2.05) is 6.92 Å². The van der Waals surface area contributed by atoms with Crippen molar-refractivity contribution in [1.29, 1.82) is 0 Å². The first-order valence-corrected chi connectivity index (χ1v) is 9.24. The van der Waals surface area contributed by atoms with Crippen molar-refractivity contribution >= 4 is 39.8 Å². The van der Waals surface area contributed by atoms with Crippen LogP contribution in [0, 0.1) is 6.92 Å². The largest absolute Gasteiger partial charge is 0.481 e. The van der Waals surface area contributed by atoms with Gasteiger partial charge in [0.2, 0.25) is 0 Å². The highest BCUT2D eigenvalue weighted by molar-refractivity contribution is 7.17. The van der Waals surface area contributed by atoms with E-state index in [4.69, 9.17) is 22.1 Å². The van der Waals surface area contributed by atoms with Crippen LogP contribution in [0.1, 0.15) is 39.7 Å². The molecule has 132 valence electrons. The summed E-state index contributed by atoms with van der Waals surface area (Å²) < 4.78 is 5.68. The van der Waals surface area contributed by atoms with E-state index in [2.05, 4.69) is 5.32 Å². The average Bonchev–Trinajstić information content (AvgIpc) is 3.10. The minimum atomic E-state index is -0.724. The van der Waals surface area contributed by atoms with E-state index >= 15 is 0 Å². The molecule has 0 fully saturated rings. The summed E-state index contributed by atoms with van der Waals surface area (Å²) in [5, 5.41) is 3.96. The summed E-state index contributed by atoms with van der Waals surface area (Å²) in [4.78, 5) is 25.4. The molecule has 1 aromatic carbocycles. The molecule has 0 bridgehead atoms. The highest BCUT2D eigenvalue weighted by atomic mass is 35.5. The lowest BCUT2D eigenvalue weighted by molar-refractivity contribution is -0.122. The fourth-order valence-electron chi connectivity index (χ4n) is 2.91. The van der Waals surface area contributed by atoms with Crippen molar-refractivity contribution in [2.45, 2.75) is 39.2 Å². The Morgan fingerprint density at radius 2 is 2.12 bits per heavy atom. The third-order valence-corrected chi connectivity index (χ3v) is 5.85. The number of aryl methyl sites for hydroxylation is 2. The minimum Gasteiger partial charge on any atom is -0.481 e. The Labute approximate surface area is 155 Å². The van der Waals surface area contributed by atoms with E-state index in [1.165, 1.54) is 11.3 Å². The number of fused-ring (bicyclic) bond motifs is 1. The highest BCUT2D eigenvalue weighted by Crippen LogP contribution is 2.38. The van der Waals surface area contributed by atoms with Crippen LogP contribution in [0.25, 0.3) is 0 Å². The average molecular weight is 379 g/mol. The predicted molar refractivity (Wildman–Crippen MR) is 99.8 cm³/mol. The van der Waals surface area contributed by atoms with Gasteiger partial charge >= 0.3 is 0 Å². The molecule has 1 aliphatic rings.